The number of amides is 3. The van der Waals surface area contributed by atoms with Gasteiger partial charge in [0.2, 0.25) is 11.8 Å². The summed E-state index contributed by atoms with van der Waals surface area (Å²) in [5, 5.41) is 5.44. The van der Waals surface area contributed by atoms with Crippen LogP contribution in [0.5, 0.6) is 0 Å². The maximum atomic E-state index is 12.7. The number of rotatable bonds is 6. The second-order valence-corrected chi connectivity index (χ2v) is 5.61. The van der Waals surface area contributed by atoms with Crippen LogP contribution in [0.1, 0.15) is 30.1 Å². The maximum absolute atomic E-state index is 12.7. The van der Waals surface area contributed by atoms with Gasteiger partial charge in [-0.25, -0.2) is 0 Å². The largest absolute Gasteiger partial charge is 0.375 e. The molecule has 1 fully saturated rings. The average Bonchev–Trinajstić information content (AvgIpc) is 3.04. The number of nitrogens with zero attached hydrogens (tertiary/aromatic N) is 1. The first-order chi connectivity index (χ1) is 11.6. The molecule has 7 nitrogen and oxygen atoms in total. The fourth-order valence-electron chi connectivity index (χ4n) is 2.80. The Labute approximate surface area is 141 Å². The van der Waals surface area contributed by atoms with Gasteiger partial charge in [-0.05, 0) is 38.0 Å². The predicted octanol–water partition coefficient (Wildman–Crippen LogP) is 1.01. The molecule has 1 aliphatic heterocycles. The van der Waals surface area contributed by atoms with Gasteiger partial charge in [0.1, 0.15) is 12.6 Å². The third kappa shape index (κ3) is 4.32. The minimum absolute atomic E-state index is 0.0520. The number of carbonyl (C=O) groups excluding carboxylic acids is 3. The van der Waals surface area contributed by atoms with Gasteiger partial charge in [-0.1, -0.05) is 6.07 Å². The molecule has 1 heterocycles. The van der Waals surface area contributed by atoms with Gasteiger partial charge in [-0.3, -0.25) is 14.4 Å². The van der Waals surface area contributed by atoms with Crippen LogP contribution in [-0.2, 0) is 14.3 Å². The Balaban J connectivity index is 2.11. The highest BCUT2D eigenvalue weighted by atomic mass is 16.5. The number of hydrogen-bond acceptors (Lipinski definition) is 4. The van der Waals surface area contributed by atoms with Crippen molar-refractivity contribution in [2.45, 2.75) is 25.8 Å². The second kappa shape index (κ2) is 8.44. The molecule has 0 spiro atoms. The molecule has 1 aromatic carbocycles. The fraction of sp³-hybridized carbons (Fsp3) is 0.471. The van der Waals surface area contributed by atoms with Crippen LogP contribution in [0.4, 0.5) is 5.69 Å². The van der Waals surface area contributed by atoms with Crippen LogP contribution < -0.4 is 10.6 Å². The van der Waals surface area contributed by atoms with E-state index >= 15 is 0 Å². The Morgan fingerprint density at radius 2 is 2.12 bits per heavy atom. The highest BCUT2D eigenvalue weighted by molar-refractivity contribution is 5.99. The SMILES string of the molecule is CCNC(=O)[C@@H]1CCCN1C(=O)c1cccc(NC(=O)COC)c1. The zero-order chi connectivity index (χ0) is 17.5. The molecule has 7 heteroatoms. The Morgan fingerprint density at radius 1 is 1.33 bits per heavy atom. The number of ether oxygens (including phenoxy) is 1. The second-order valence-electron chi connectivity index (χ2n) is 5.61. The molecular weight excluding hydrogens is 310 g/mol. The maximum Gasteiger partial charge on any atom is 0.254 e. The first kappa shape index (κ1) is 17.9. The molecule has 3 amide bonds. The molecular formula is C17H23N3O4. The van der Waals surface area contributed by atoms with Crippen molar-refractivity contribution in [1.29, 1.82) is 0 Å². The van der Waals surface area contributed by atoms with Gasteiger partial charge in [0.25, 0.3) is 5.91 Å². The predicted molar refractivity (Wildman–Crippen MR) is 89.7 cm³/mol. The third-order valence-electron chi connectivity index (χ3n) is 3.84. The van der Waals surface area contributed by atoms with Gasteiger partial charge < -0.3 is 20.3 Å². The van der Waals surface area contributed by atoms with E-state index in [0.29, 0.717) is 30.8 Å². The van der Waals surface area contributed by atoms with Crippen LogP contribution in [-0.4, -0.2) is 55.5 Å². The zero-order valence-electron chi connectivity index (χ0n) is 14.0. The number of anilines is 1. The summed E-state index contributed by atoms with van der Waals surface area (Å²) in [6.07, 6.45) is 1.47. The number of hydrogen-bond donors (Lipinski definition) is 2. The van der Waals surface area contributed by atoms with Gasteiger partial charge in [-0.2, -0.15) is 0 Å². The average molecular weight is 333 g/mol. The lowest BCUT2D eigenvalue weighted by atomic mass is 10.1. The van der Waals surface area contributed by atoms with E-state index in [1.807, 2.05) is 6.92 Å². The Hall–Kier alpha value is -2.41. The molecule has 24 heavy (non-hydrogen) atoms. The van der Waals surface area contributed by atoms with Crippen molar-refractivity contribution in [2.24, 2.45) is 0 Å². The molecule has 2 N–H and O–H groups in total. The summed E-state index contributed by atoms with van der Waals surface area (Å²) in [7, 11) is 1.44. The summed E-state index contributed by atoms with van der Waals surface area (Å²) < 4.78 is 4.77. The van der Waals surface area contributed by atoms with E-state index in [1.54, 1.807) is 29.2 Å². The highest BCUT2D eigenvalue weighted by Gasteiger charge is 2.34. The number of likely N-dealkylation sites (N-methyl/N-ethyl adjacent to an activating group) is 1. The molecule has 130 valence electrons. The minimum atomic E-state index is -0.427. The standard InChI is InChI=1S/C17H23N3O4/c1-3-18-16(22)14-8-5-9-20(14)17(23)12-6-4-7-13(10-12)19-15(21)11-24-2/h4,6-7,10,14H,3,5,8-9,11H2,1-2H3,(H,18,22)(H,19,21)/t14-/m0/s1. The Kier molecular flexibility index (Phi) is 6.31. The van der Waals surface area contributed by atoms with E-state index < -0.39 is 6.04 Å². The van der Waals surface area contributed by atoms with Crippen LogP contribution in [0.2, 0.25) is 0 Å². The lowest BCUT2D eigenvalue weighted by Crippen LogP contribution is -2.45. The highest BCUT2D eigenvalue weighted by Crippen LogP contribution is 2.21. The lowest BCUT2D eigenvalue weighted by molar-refractivity contribution is -0.124. The molecule has 0 aromatic heterocycles. The molecule has 0 saturated carbocycles. The van der Waals surface area contributed by atoms with Gasteiger partial charge in [0, 0.05) is 31.5 Å². The summed E-state index contributed by atoms with van der Waals surface area (Å²) in [5.41, 5.74) is 0.970. The zero-order valence-corrected chi connectivity index (χ0v) is 14.0. The molecule has 1 saturated heterocycles. The van der Waals surface area contributed by atoms with E-state index in [4.69, 9.17) is 4.74 Å². The lowest BCUT2D eigenvalue weighted by Gasteiger charge is -2.24. The van der Waals surface area contributed by atoms with Gasteiger partial charge in [-0.15, -0.1) is 0 Å². The van der Waals surface area contributed by atoms with E-state index in [2.05, 4.69) is 10.6 Å². The Morgan fingerprint density at radius 3 is 2.83 bits per heavy atom. The smallest absolute Gasteiger partial charge is 0.254 e. The summed E-state index contributed by atoms with van der Waals surface area (Å²) >= 11 is 0. The van der Waals surface area contributed by atoms with Crippen molar-refractivity contribution in [3.63, 3.8) is 0 Å². The summed E-state index contributed by atoms with van der Waals surface area (Å²) in [6.45, 7) is 2.90. The normalized spacial score (nSPS) is 16.8. The van der Waals surface area contributed by atoms with Crippen LogP contribution in [0.3, 0.4) is 0 Å². The number of nitrogens with one attached hydrogen (secondary N) is 2. The van der Waals surface area contributed by atoms with Gasteiger partial charge in [0.15, 0.2) is 0 Å². The number of benzene rings is 1. The third-order valence-corrected chi connectivity index (χ3v) is 3.84. The molecule has 1 atom stereocenters. The van der Waals surface area contributed by atoms with Crippen molar-refractivity contribution in [1.82, 2.24) is 10.2 Å². The van der Waals surface area contributed by atoms with Crippen LogP contribution in [0, 0.1) is 0 Å². The van der Waals surface area contributed by atoms with Gasteiger partial charge >= 0.3 is 0 Å². The van der Waals surface area contributed by atoms with Crippen molar-refractivity contribution in [2.75, 3.05) is 32.1 Å². The van der Waals surface area contributed by atoms with E-state index in [-0.39, 0.29) is 24.3 Å². The molecule has 0 bridgehead atoms. The number of methoxy groups -OCH3 is 1. The Bertz CT molecular complexity index is 618. The summed E-state index contributed by atoms with van der Waals surface area (Å²) in [4.78, 5) is 38.0. The summed E-state index contributed by atoms with van der Waals surface area (Å²) in [6, 6.07) is 6.27. The van der Waals surface area contributed by atoms with E-state index in [1.165, 1.54) is 7.11 Å². The monoisotopic (exact) mass is 333 g/mol. The van der Waals surface area contributed by atoms with Crippen LogP contribution in [0.25, 0.3) is 0 Å². The number of carbonyl (C=O) groups is 3. The van der Waals surface area contributed by atoms with E-state index in [0.717, 1.165) is 6.42 Å². The first-order valence-corrected chi connectivity index (χ1v) is 8.04. The van der Waals surface area contributed by atoms with E-state index in [9.17, 15) is 14.4 Å². The molecule has 0 aliphatic carbocycles. The summed E-state index contributed by atoms with van der Waals surface area (Å²) in [5.74, 6) is -0.608. The molecule has 2 rings (SSSR count). The molecule has 1 aliphatic rings. The van der Waals surface area contributed by atoms with Crippen LogP contribution in [0.15, 0.2) is 24.3 Å². The van der Waals surface area contributed by atoms with Crippen LogP contribution >= 0.6 is 0 Å². The topological polar surface area (TPSA) is 87.7 Å². The van der Waals surface area contributed by atoms with Crippen molar-refractivity contribution in [3.05, 3.63) is 29.8 Å². The van der Waals surface area contributed by atoms with Gasteiger partial charge in [0.05, 0.1) is 0 Å². The molecule has 0 radical (unpaired) electrons. The van der Waals surface area contributed by atoms with Crippen molar-refractivity contribution in [3.8, 4) is 0 Å². The number of likely N-dealkylation sites (tertiary alicyclic amines) is 1. The fourth-order valence-corrected chi connectivity index (χ4v) is 2.80. The molecule has 1 aromatic rings. The van der Waals surface area contributed by atoms with Crippen molar-refractivity contribution < 1.29 is 19.1 Å². The van der Waals surface area contributed by atoms with Crippen molar-refractivity contribution >= 4 is 23.4 Å². The first-order valence-electron chi connectivity index (χ1n) is 8.04. The quantitative estimate of drug-likeness (QED) is 0.813. The molecule has 0 unspecified atom stereocenters. The minimum Gasteiger partial charge on any atom is -0.375 e.